The third-order valence-electron chi connectivity index (χ3n) is 3.70. The van der Waals surface area contributed by atoms with Crippen molar-refractivity contribution >= 4 is 11.9 Å². The summed E-state index contributed by atoms with van der Waals surface area (Å²) in [6.07, 6.45) is 5.21. The van der Waals surface area contributed by atoms with Gasteiger partial charge in [-0.15, -0.1) is 0 Å². The molecule has 0 radical (unpaired) electrons. The molecule has 1 aliphatic rings. The molecule has 1 fully saturated rings. The Kier molecular flexibility index (Phi) is 4.71. The van der Waals surface area contributed by atoms with Gasteiger partial charge in [-0.1, -0.05) is 19.4 Å². The van der Waals surface area contributed by atoms with Crippen LogP contribution in [0, 0.1) is 0 Å². The fourth-order valence-corrected chi connectivity index (χ4v) is 2.72. The van der Waals surface area contributed by atoms with Gasteiger partial charge in [0, 0.05) is 12.6 Å². The summed E-state index contributed by atoms with van der Waals surface area (Å²) in [5.41, 5.74) is 0.146. The van der Waals surface area contributed by atoms with E-state index in [1.54, 1.807) is 12.1 Å². The first-order valence-electron chi connectivity index (χ1n) is 7.14. The average molecular weight is 276 g/mol. The van der Waals surface area contributed by atoms with Crippen LogP contribution in [-0.2, 0) is 0 Å². The first-order valence-corrected chi connectivity index (χ1v) is 7.14. The normalized spacial score (nSPS) is 18.9. The lowest BCUT2D eigenvalue weighted by Crippen LogP contribution is -2.44. The average Bonchev–Trinajstić information content (AvgIpc) is 2.47. The third kappa shape index (κ3) is 3.15. The van der Waals surface area contributed by atoms with E-state index in [-0.39, 0.29) is 23.3 Å². The molecule has 1 aromatic heterocycles. The van der Waals surface area contributed by atoms with Gasteiger partial charge in [-0.3, -0.25) is 4.79 Å². The van der Waals surface area contributed by atoms with Crippen molar-refractivity contribution in [2.45, 2.75) is 45.1 Å². The van der Waals surface area contributed by atoms with Crippen LogP contribution in [0.5, 0.6) is 0 Å². The van der Waals surface area contributed by atoms with Crippen LogP contribution in [0.1, 0.15) is 60.0 Å². The van der Waals surface area contributed by atoms with Gasteiger partial charge in [-0.25, -0.2) is 9.78 Å². The first-order chi connectivity index (χ1) is 9.63. The number of piperidine rings is 1. The first kappa shape index (κ1) is 14.5. The Balaban J connectivity index is 2.20. The van der Waals surface area contributed by atoms with Gasteiger partial charge in [0.25, 0.3) is 5.91 Å². The van der Waals surface area contributed by atoms with Crippen LogP contribution in [0.3, 0.4) is 0 Å². The fraction of sp³-hybridized carbons (Fsp3) is 0.533. The summed E-state index contributed by atoms with van der Waals surface area (Å²) in [4.78, 5) is 29.3. The minimum atomic E-state index is -1.11. The predicted octanol–water partition coefficient (Wildman–Crippen LogP) is 2.57. The smallest absolute Gasteiger partial charge is 0.354 e. The Morgan fingerprint density at radius 3 is 2.80 bits per heavy atom. The molecule has 1 aliphatic heterocycles. The van der Waals surface area contributed by atoms with Crippen molar-refractivity contribution in [3.63, 3.8) is 0 Å². The number of aromatic nitrogens is 1. The molecule has 0 bridgehead atoms. The van der Waals surface area contributed by atoms with Crippen LogP contribution in [0.25, 0.3) is 0 Å². The topological polar surface area (TPSA) is 70.5 Å². The summed E-state index contributed by atoms with van der Waals surface area (Å²) in [7, 11) is 0. The molecule has 1 aromatic rings. The lowest BCUT2D eigenvalue weighted by molar-refractivity contribution is 0.0594. The zero-order valence-corrected chi connectivity index (χ0v) is 11.7. The standard InChI is InChI=1S/C15H20N2O3/c1-2-6-11-7-3-4-10-17(11)14(18)12-8-5-9-13(16-12)15(19)20/h5,8-9,11H,2-4,6-7,10H2,1H3,(H,19,20). The second-order valence-electron chi connectivity index (χ2n) is 5.15. The van der Waals surface area contributed by atoms with Crippen molar-refractivity contribution in [2.75, 3.05) is 6.54 Å². The number of carboxylic acid groups (broad SMARTS) is 1. The Morgan fingerprint density at radius 2 is 2.10 bits per heavy atom. The van der Waals surface area contributed by atoms with Gasteiger partial charge in [0.15, 0.2) is 0 Å². The molecule has 1 saturated heterocycles. The number of pyridine rings is 1. The number of nitrogens with zero attached hydrogens (tertiary/aromatic N) is 2. The molecule has 5 heteroatoms. The van der Waals surface area contributed by atoms with Gasteiger partial charge in [-0.05, 0) is 37.8 Å². The van der Waals surface area contributed by atoms with E-state index in [1.807, 2.05) is 4.90 Å². The number of amides is 1. The summed E-state index contributed by atoms with van der Waals surface area (Å²) in [5.74, 6) is -1.25. The summed E-state index contributed by atoms with van der Waals surface area (Å²) >= 11 is 0. The summed E-state index contributed by atoms with van der Waals surface area (Å²) < 4.78 is 0. The zero-order valence-electron chi connectivity index (χ0n) is 11.7. The number of aromatic carboxylic acids is 1. The monoisotopic (exact) mass is 276 g/mol. The minimum Gasteiger partial charge on any atom is -0.477 e. The maximum absolute atomic E-state index is 12.5. The molecule has 20 heavy (non-hydrogen) atoms. The summed E-state index contributed by atoms with van der Waals surface area (Å²) in [5, 5.41) is 8.95. The second kappa shape index (κ2) is 6.50. The molecule has 1 unspecified atom stereocenters. The van der Waals surface area contributed by atoms with E-state index < -0.39 is 5.97 Å². The van der Waals surface area contributed by atoms with Crippen LogP contribution in [0.15, 0.2) is 18.2 Å². The van der Waals surface area contributed by atoms with Crippen molar-refractivity contribution in [1.29, 1.82) is 0 Å². The molecule has 1 amide bonds. The maximum Gasteiger partial charge on any atom is 0.354 e. The van der Waals surface area contributed by atoms with Crippen LogP contribution in [0.2, 0.25) is 0 Å². The van der Waals surface area contributed by atoms with E-state index >= 15 is 0 Å². The van der Waals surface area contributed by atoms with Gasteiger partial charge < -0.3 is 10.0 Å². The molecule has 2 heterocycles. The largest absolute Gasteiger partial charge is 0.477 e. The van der Waals surface area contributed by atoms with Crippen molar-refractivity contribution in [3.8, 4) is 0 Å². The Hall–Kier alpha value is -1.91. The number of hydrogen-bond donors (Lipinski definition) is 1. The lowest BCUT2D eigenvalue weighted by atomic mass is 9.98. The zero-order chi connectivity index (χ0) is 14.5. The van der Waals surface area contributed by atoms with Crippen molar-refractivity contribution in [1.82, 2.24) is 9.88 Å². The molecule has 5 nitrogen and oxygen atoms in total. The van der Waals surface area contributed by atoms with Gasteiger partial charge in [0.1, 0.15) is 11.4 Å². The van der Waals surface area contributed by atoms with Crippen LogP contribution in [-0.4, -0.2) is 39.5 Å². The Morgan fingerprint density at radius 1 is 1.35 bits per heavy atom. The number of likely N-dealkylation sites (tertiary alicyclic amines) is 1. The highest BCUT2D eigenvalue weighted by molar-refractivity contribution is 5.94. The van der Waals surface area contributed by atoms with E-state index in [0.717, 1.165) is 38.6 Å². The molecule has 108 valence electrons. The summed E-state index contributed by atoms with van der Waals surface area (Å²) in [6.45, 7) is 2.85. The molecule has 0 spiro atoms. The van der Waals surface area contributed by atoms with Crippen molar-refractivity contribution in [3.05, 3.63) is 29.6 Å². The molecule has 0 aromatic carbocycles. The number of carbonyl (C=O) groups is 2. The number of carboxylic acids is 1. The van der Waals surface area contributed by atoms with E-state index in [2.05, 4.69) is 11.9 Å². The number of rotatable bonds is 4. The molecule has 1 N–H and O–H groups in total. The van der Waals surface area contributed by atoms with E-state index in [9.17, 15) is 9.59 Å². The number of hydrogen-bond acceptors (Lipinski definition) is 3. The molecule has 0 saturated carbocycles. The van der Waals surface area contributed by atoms with E-state index in [1.165, 1.54) is 6.07 Å². The molecule has 0 aliphatic carbocycles. The van der Waals surface area contributed by atoms with Gasteiger partial charge in [-0.2, -0.15) is 0 Å². The highest BCUT2D eigenvalue weighted by Gasteiger charge is 2.27. The van der Waals surface area contributed by atoms with Crippen molar-refractivity contribution in [2.24, 2.45) is 0 Å². The molecule has 1 atom stereocenters. The number of carbonyl (C=O) groups excluding carboxylic acids is 1. The quantitative estimate of drug-likeness (QED) is 0.917. The highest BCUT2D eigenvalue weighted by Crippen LogP contribution is 2.22. The molecular weight excluding hydrogens is 256 g/mol. The van der Waals surface area contributed by atoms with Crippen LogP contribution < -0.4 is 0 Å². The molecule has 2 rings (SSSR count). The minimum absolute atomic E-state index is 0.0834. The second-order valence-corrected chi connectivity index (χ2v) is 5.15. The Bertz CT molecular complexity index is 500. The third-order valence-corrected chi connectivity index (χ3v) is 3.70. The summed E-state index contributed by atoms with van der Waals surface area (Å²) in [6, 6.07) is 4.82. The molecular formula is C15H20N2O3. The Labute approximate surface area is 118 Å². The van der Waals surface area contributed by atoms with E-state index in [0.29, 0.717) is 0 Å². The van der Waals surface area contributed by atoms with Gasteiger partial charge >= 0.3 is 5.97 Å². The van der Waals surface area contributed by atoms with Gasteiger partial charge in [0.05, 0.1) is 0 Å². The van der Waals surface area contributed by atoms with Crippen LogP contribution in [0.4, 0.5) is 0 Å². The van der Waals surface area contributed by atoms with Crippen molar-refractivity contribution < 1.29 is 14.7 Å². The van der Waals surface area contributed by atoms with Crippen LogP contribution >= 0.6 is 0 Å². The maximum atomic E-state index is 12.5. The predicted molar refractivity (Wildman–Crippen MR) is 74.8 cm³/mol. The fourth-order valence-electron chi connectivity index (χ4n) is 2.72. The lowest BCUT2D eigenvalue weighted by Gasteiger charge is -2.35. The SMILES string of the molecule is CCCC1CCCCN1C(=O)c1cccc(C(=O)O)n1. The highest BCUT2D eigenvalue weighted by atomic mass is 16.4. The van der Waals surface area contributed by atoms with Gasteiger partial charge in [0.2, 0.25) is 0 Å². The van der Waals surface area contributed by atoms with E-state index in [4.69, 9.17) is 5.11 Å².